The van der Waals surface area contributed by atoms with Gasteiger partial charge in [-0.05, 0) is 116 Å². The molecule has 10 rings (SSSR count). The lowest BCUT2D eigenvalue weighted by atomic mass is 9.82. The van der Waals surface area contributed by atoms with E-state index < -0.39 is 0 Å². The number of nitrogens with one attached hydrogen (secondary N) is 2. The quantitative estimate of drug-likeness (QED) is 0.152. The Labute approximate surface area is 386 Å². The Hall–Kier alpha value is -7.62. The summed E-state index contributed by atoms with van der Waals surface area (Å²) >= 11 is 0. The van der Waals surface area contributed by atoms with E-state index in [0.717, 1.165) is 83.4 Å². The van der Waals surface area contributed by atoms with Crippen molar-refractivity contribution < 1.29 is 7.16 Å². The van der Waals surface area contributed by atoms with E-state index in [1.807, 2.05) is 60.7 Å². The second kappa shape index (κ2) is 16.8. The van der Waals surface area contributed by atoms with Gasteiger partial charge in [0.1, 0.15) is 11.2 Å². The number of hydrogen-bond donors (Lipinski definition) is 2. The first-order valence-electron chi connectivity index (χ1n) is 23.5. The van der Waals surface area contributed by atoms with Gasteiger partial charge in [-0.25, -0.2) is 0 Å². The minimum atomic E-state index is -0.144. The number of fused-ring (bicyclic) bond motifs is 3. The average molecular weight is 845 g/mol. The molecular formula is C62H54N2O. The van der Waals surface area contributed by atoms with Crippen molar-refractivity contribution in [1.82, 2.24) is 0 Å². The van der Waals surface area contributed by atoms with Crippen molar-refractivity contribution >= 4 is 44.7 Å². The third-order valence-corrected chi connectivity index (χ3v) is 12.3. The fourth-order valence-electron chi connectivity index (χ4n) is 8.75. The molecule has 0 unspecified atom stereocenters. The molecule has 3 heteroatoms. The molecule has 1 heterocycles. The summed E-state index contributed by atoms with van der Waals surface area (Å²) in [6, 6.07) is 67.6. The van der Waals surface area contributed by atoms with E-state index in [4.69, 9.17) is 4.42 Å². The van der Waals surface area contributed by atoms with Gasteiger partial charge in [-0.15, -0.1) is 0 Å². The Bertz CT molecular complexity index is 3130. The Balaban J connectivity index is 1.26. The van der Waals surface area contributed by atoms with Crippen molar-refractivity contribution in [3.63, 3.8) is 0 Å². The summed E-state index contributed by atoms with van der Waals surface area (Å²) in [6.45, 7) is 13.5. The van der Waals surface area contributed by atoms with Gasteiger partial charge in [-0.3, -0.25) is 0 Å². The molecule has 0 bridgehead atoms. The highest BCUT2D eigenvalue weighted by atomic mass is 16.3. The standard InChI is InChI=1S/C62H54N2O/c1-61(2,3)47-36-52(41-21-11-7-12-22-41)59(53(37-47)42-23-13-8-14-24-42)63-49-33-46(45-31-32-58-56(35-45)51-29-19-20-30-57(51)65-58)34-50(40-49)64-60-54(43-25-15-9-16-26-43)38-48(62(4,5)6)39-55(60)44-27-17-10-18-28-44/h7-40,63-64H,1-6H3/i33D,34D. The van der Waals surface area contributed by atoms with Gasteiger partial charge in [0.05, 0.1) is 14.1 Å². The molecule has 0 saturated heterocycles. The number of benzene rings is 9. The van der Waals surface area contributed by atoms with Crippen molar-refractivity contribution in [2.24, 2.45) is 0 Å². The lowest BCUT2D eigenvalue weighted by molar-refractivity contribution is 0.590. The van der Waals surface area contributed by atoms with Gasteiger partial charge in [0.2, 0.25) is 0 Å². The van der Waals surface area contributed by atoms with Crippen LogP contribution in [0.5, 0.6) is 0 Å². The van der Waals surface area contributed by atoms with E-state index in [1.54, 1.807) is 0 Å². The molecule has 0 spiro atoms. The first-order chi connectivity index (χ1) is 32.3. The van der Waals surface area contributed by atoms with Crippen LogP contribution in [0, 0.1) is 0 Å². The fourth-order valence-corrected chi connectivity index (χ4v) is 8.75. The maximum absolute atomic E-state index is 10.2. The number of furan rings is 1. The van der Waals surface area contributed by atoms with Crippen LogP contribution in [0.3, 0.4) is 0 Å². The number of anilines is 4. The van der Waals surface area contributed by atoms with E-state index in [1.165, 1.54) is 11.1 Å². The van der Waals surface area contributed by atoms with Gasteiger partial charge in [-0.1, -0.05) is 187 Å². The highest BCUT2D eigenvalue weighted by Crippen LogP contribution is 2.46. The summed E-state index contributed by atoms with van der Waals surface area (Å²) < 4.78 is 26.7. The summed E-state index contributed by atoms with van der Waals surface area (Å²) in [5.74, 6) is 0. The van der Waals surface area contributed by atoms with Crippen LogP contribution in [0.1, 0.15) is 55.4 Å². The second-order valence-electron chi connectivity index (χ2n) is 19.0. The Morgan fingerprint density at radius 3 is 1.12 bits per heavy atom. The predicted octanol–water partition coefficient (Wildman–Crippen LogP) is 18.0. The molecule has 3 nitrogen and oxygen atoms in total. The Morgan fingerprint density at radius 1 is 0.354 bits per heavy atom. The van der Waals surface area contributed by atoms with E-state index in [9.17, 15) is 2.74 Å². The van der Waals surface area contributed by atoms with E-state index in [-0.39, 0.29) is 22.9 Å². The molecule has 10 aromatic rings. The number of rotatable bonds is 9. The first-order valence-corrected chi connectivity index (χ1v) is 22.5. The highest BCUT2D eigenvalue weighted by molar-refractivity contribution is 6.06. The fraction of sp³-hybridized carbons (Fsp3) is 0.129. The molecule has 318 valence electrons. The van der Waals surface area contributed by atoms with Crippen molar-refractivity contribution in [2.45, 2.75) is 52.4 Å². The molecule has 0 aliphatic rings. The van der Waals surface area contributed by atoms with Crippen LogP contribution in [-0.2, 0) is 10.8 Å². The molecule has 0 aliphatic heterocycles. The van der Waals surface area contributed by atoms with Crippen LogP contribution in [0.25, 0.3) is 77.6 Å². The van der Waals surface area contributed by atoms with Gasteiger partial charge >= 0.3 is 0 Å². The third-order valence-electron chi connectivity index (χ3n) is 12.3. The van der Waals surface area contributed by atoms with Crippen LogP contribution in [-0.4, -0.2) is 0 Å². The molecule has 0 amide bonds. The minimum Gasteiger partial charge on any atom is -0.456 e. The second-order valence-corrected chi connectivity index (χ2v) is 19.0. The SMILES string of the molecule is [2H]c1c(Nc2c(-c3ccccc3)cc(C(C)(C)C)cc2-c2ccccc2)cc(Nc2c(-c3ccccc3)cc(C(C)(C)C)cc2-c2ccccc2)c([2H])c1-c1ccc2oc3ccccc3c2c1. The Kier molecular flexibility index (Phi) is 10.1. The third kappa shape index (κ3) is 8.46. The zero-order valence-corrected chi connectivity index (χ0v) is 37.9. The van der Waals surface area contributed by atoms with Gasteiger partial charge in [0.25, 0.3) is 0 Å². The van der Waals surface area contributed by atoms with Crippen LogP contribution < -0.4 is 10.6 Å². The Morgan fingerprint density at radius 2 is 0.723 bits per heavy atom. The molecular weight excluding hydrogens is 789 g/mol. The molecule has 9 aromatic carbocycles. The van der Waals surface area contributed by atoms with E-state index in [2.05, 4.69) is 186 Å². The summed E-state index contributed by atoms with van der Waals surface area (Å²) in [7, 11) is 0. The lowest BCUT2D eigenvalue weighted by Gasteiger charge is -2.26. The van der Waals surface area contributed by atoms with E-state index in [0.29, 0.717) is 16.9 Å². The largest absolute Gasteiger partial charge is 0.456 e. The van der Waals surface area contributed by atoms with Crippen LogP contribution in [0.2, 0.25) is 0 Å². The van der Waals surface area contributed by atoms with Crippen LogP contribution in [0.15, 0.2) is 211 Å². The summed E-state index contributed by atoms with van der Waals surface area (Å²) in [4.78, 5) is 0. The molecule has 0 radical (unpaired) electrons. The molecule has 0 aliphatic carbocycles. The van der Waals surface area contributed by atoms with Crippen molar-refractivity contribution in [2.75, 3.05) is 10.6 Å². The van der Waals surface area contributed by atoms with Crippen molar-refractivity contribution in [3.05, 3.63) is 217 Å². The maximum atomic E-state index is 10.2. The minimum absolute atomic E-state index is 0.144. The van der Waals surface area contributed by atoms with Gasteiger partial charge in [0.15, 0.2) is 0 Å². The molecule has 0 fully saturated rings. The highest BCUT2D eigenvalue weighted by Gasteiger charge is 2.24. The zero-order chi connectivity index (χ0) is 46.5. The zero-order valence-electron chi connectivity index (χ0n) is 39.9. The predicted molar refractivity (Wildman–Crippen MR) is 278 cm³/mol. The van der Waals surface area contributed by atoms with Crippen molar-refractivity contribution in [1.29, 1.82) is 0 Å². The van der Waals surface area contributed by atoms with Crippen LogP contribution in [0.4, 0.5) is 22.7 Å². The summed E-state index contributed by atoms with van der Waals surface area (Å²) in [5, 5.41) is 9.73. The van der Waals surface area contributed by atoms with Crippen molar-refractivity contribution in [3.8, 4) is 55.6 Å². The molecule has 65 heavy (non-hydrogen) atoms. The van der Waals surface area contributed by atoms with Gasteiger partial charge in [0, 0.05) is 44.4 Å². The normalized spacial score (nSPS) is 12.3. The van der Waals surface area contributed by atoms with Gasteiger partial charge < -0.3 is 15.1 Å². The molecule has 1 aromatic heterocycles. The average Bonchev–Trinajstić information content (AvgIpc) is 3.71. The molecule has 0 saturated carbocycles. The smallest absolute Gasteiger partial charge is 0.135 e. The molecule has 2 N–H and O–H groups in total. The van der Waals surface area contributed by atoms with E-state index >= 15 is 0 Å². The topological polar surface area (TPSA) is 37.2 Å². The number of hydrogen-bond acceptors (Lipinski definition) is 3. The maximum Gasteiger partial charge on any atom is 0.135 e. The number of para-hydroxylation sites is 1. The summed E-state index contributed by atoms with van der Waals surface area (Å²) in [5.41, 5.74) is 16.2. The summed E-state index contributed by atoms with van der Waals surface area (Å²) in [6.07, 6.45) is 0. The lowest BCUT2D eigenvalue weighted by Crippen LogP contribution is -2.12. The monoisotopic (exact) mass is 844 g/mol. The molecule has 0 atom stereocenters. The van der Waals surface area contributed by atoms with Crippen LogP contribution >= 0.6 is 0 Å². The van der Waals surface area contributed by atoms with Gasteiger partial charge in [-0.2, -0.15) is 0 Å². The first kappa shape index (κ1) is 39.0.